The predicted octanol–water partition coefficient (Wildman–Crippen LogP) is 5.52. The molecule has 0 saturated heterocycles. The molecule has 2 heteroatoms. The molecule has 0 spiro atoms. The van der Waals surface area contributed by atoms with Gasteiger partial charge in [0.2, 0.25) is 5.69 Å². The third kappa shape index (κ3) is 2.54. The lowest BCUT2D eigenvalue weighted by atomic mass is 10.0. The van der Waals surface area contributed by atoms with E-state index in [4.69, 9.17) is 4.42 Å². The summed E-state index contributed by atoms with van der Waals surface area (Å²) in [6.07, 6.45) is 0. The monoisotopic (exact) mass is 328 g/mol. The second kappa shape index (κ2) is 5.89. The molecule has 0 aliphatic carbocycles. The summed E-state index contributed by atoms with van der Waals surface area (Å²) in [5.74, 6) is 0.933. The van der Waals surface area contributed by atoms with Gasteiger partial charge in [0.1, 0.15) is 12.8 Å². The maximum Gasteiger partial charge on any atom is 0.252 e. The SMILES string of the molecule is Cc1ccccc1-c1ccc2oc(-c3c(C)cccc3C)cc2[n+]1C. The van der Waals surface area contributed by atoms with Gasteiger partial charge in [0, 0.05) is 17.2 Å². The van der Waals surface area contributed by atoms with Gasteiger partial charge < -0.3 is 4.42 Å². The summed E-state index contributed by atoms with van der Waals surface area (Å²) in [6, 6.07) is 21.2. The van der Waals surface area contributed by atoms with Gasteiger partial charge in [-0.3, -0.25) is 0 Å². The van der Waals surface area contributed by atoms with Gasteiger partial charge in [0.05, 0.1) is 6.07 Å². The molecule has 0 bridgehead atoms. The van der Waals surface area contributed by atoms with Crippen LogP contribution in [-0.2, 0) is 7.05 Å². The summed E-state index contributed by atoms with van der Waals surface area (Å²) < 4.78 is 8.42. The first-order valence-corrected chi connectivity index (χ1v) is 8.61. The number of furan rings is 1. The van der Waals surface area contributed by atoms with Crippen molar-refractivity contribution < 1.29 is 8.98 Å². The Labute approximate surface area is 148 Å². The Kier molecular flexibility index (Phi) is 3.69. The standard InChI is InChI=1S/C23H22NO/c1-15-8-5-6-11-18(15)19-12-13-21-20(24(19)4)14-22(25-21)23-16(2)9-7-10-17(23)3/h5-14H,1-4H3/q+1. The highest BCUT2D eigenvalue weighted by Gasteiger charge is 2.20. The van der Waals surface area contributed by atoms with Crippen LogP contribution in [0.1, 0.15) is 16.7 Å². The third-order valence-corrected chi connectivity index (χ3v) is 5.00. The minimum atomic E-state index is 0.914. The van der Waals surface area contributed by atoms with E-state index in [1.807, 2.05) is 0 Å². The molecule has 2 nitrogen and oxygen atoms in total. The Bertz CT molecular complexity index is 1070. The molecule has 124 valence electrons. The minimum Gasteiger partial charge on any atom is -0.449 e. The summed E-state index contributed by atoms with van der Waals surface area (Å²) in [7, 11) is 2.11. The fourth-order valence-corrected chi connectivity index (χ4v) is 3.63. The number of hydrogen-bond acceptors (Lipinski definition) is 1. The van der Waals surface area contributed by atoms with Crippen molar-refractivity contribution in [3.63, 3.8) is 0 Å². The Morgan fingerprint density at radius 3 is 2.16 bits per heavy atom. The van der Waals surface area contributed by atoms with Crippen LogP contribution in [0.2, 0.25) is 0 Å². The first-order valence-electron chi connectivity index (χ1n) is 8.61. The van der Waals surface area contributed by atoms with E-state index in [2.05, 4.69) is 93.0 Å². The number of benzene rings is 2. The van der Waals surface area contributed by atoms with E-state index < -0.39 is 0 Å². The third-order valence-electron chi connectivity index (χ3n) is 5.00. The molecule has 4 aromatic rings. The van der Waals surface area contributed by atoms with Gasteiger partial charge in [-0.15, -0.1) is 0 Å². The summed E-state index contributed by atoms with van der Waals surface area (Å²) in [5.41, 5.74) is 9.41. The maximum absolute atomic E-state index is 6.20. The Morgan fingerprint density at radius 1 is 0.760 bits per heavy atom. The molecule has 2 aromatic carbocycles. The summed E-state index contributed by atoms with van der Waals surface area (Å²) in [5, 5.41) is 0. The van der Waals surface area contributed by atoms with Crippen LogP contribution < -0.4 is 4.57 Å². The molecule has 0 aliphatic rings. The zero-order chi connectivity index (χ0) is 17.6. The van der Waals surface area contributed by atoms with Crippen LogP contribution in [0, 0.1) is 20.8 Å². The van der Waals surface area contributed by atoms with Gasteiger partial charge in [0.25, 0.3) is 5.52 Å². The van der Waals surface area contributed by atoms with E-state index in [-0.39, 0.29) is 0 Å². The largest absolute Gasteiger partial charge is 0.449 e. The lowest BCUT2D eigenvalue weighted by Gasteiger charge is -2.05. The molecule has 2 heterocycles. The van der Waals surface area contributed by atoms with Crippen molar-refractivity contribution in [1.82, 2.24) is 0 Å². The van der Waals surface area contributed by atoms with Crippen LogP contribution in [-0.4, -0.2) is 0 Å². The number of hydrogen-bond donors (Lipinski definition) is 0. The molecule has 0 radical (unpaired) electrons. The molecular formula is C23H22NO+. The Balaban J connectivity index is 1.94. The molecule has 25 heavy (non-hydrogen) atoms. The fraction of sp³-hybridized carbons (Fsp3) is 0.174. The van der Waals surface area contributed by atoms with Gasteiger partial charge in [-0.2, -0.15) is 4.57 Å². The van der Waals surface area contributed by atoms with Crippen molar-refractivity contribution in [1.29, 1.82) is 0 Å². The molecule has 0 N–H and O–H groups in total. The van der Waals surface area contributed by atoms with Crippen LogP contribution in [0.25, 0.3) is 33.7 Å². The van der Waals surface area contributed by atoms with E-state index in [9.17, 15) is 0 Å². The molecule has 0 saturated carbocycles. The normalized spacial score (nSPS) is 11.2. The van der Waals surface area contributed by atoms with Crippen molar-refractivity contribution in [2.75, 3.05) is 0 Å². The van der Waals surface area contributed by atoms with Crippen LogP contribution in [0.4, 0.5) is 0 Å². The first-order chi connectivity index (χ1) is 12.1. The zero-order valence-corrected chi connectivity index (χ0v) is 15.1. The van der Waals surface area contributed by atoms with Crippen molar-refractivity contribution in [2.24, 2.45) is 7.05 Å². The Hall–Kier alpha value is -2.87. The van der Waals surface area contributed by atoms with Crippen LogP contribution in [0.5, 0.6) is 0 Å². The van der Waals surface area contributed by atoms with E-state index in [0.29, 0.717) is 0 Å². The number of fused-ring (bicyclic) bond motifs is 1. The highest BCUT2D eigenvalue weighted by atomic mass is 16.3. The van der Waals surface area contributed by atoms with E-state index in [1.165, 1.54) is 33.5 Å². The van der Waals surface area contributed by atoms with Crippen LogP contribution in [0.3, 0.4) is 0 Å². The summed E-state index contributed by atoms with van der Waals surface area (Å²) in [4.78, 5) is 0. The van der Waals surface area contributed by atoms with Crippen molar-refractivity contribution in [3.05, 3.63) is 77.4 Å². The average Bonchev–Trinajstić information content (AvgIpc) is 3.01. The maximum atomic E-state index is 6.20. The van der Waals surface area contributed by atoms with Gasteiger partial charge >= 0.3 is 0 Å². The second-order valence-electron chi connectivity index (χ2n) is 6.72. The van der Waals surface area contributed by atoms with Gasteiger partial charge in [-0.1, -0.05) is 36.4 Å². The second-order valence-corrected chi connectivity index (χ2v) is 6.72. The molecule has 0 aliphatic heterocycles. The summed E-state index contributed by atoms with van der Waals surface area (Å²) in [6.45, 7) is 6.42. The topological polar surface area (TPSA) is 17.0 Å². The van der Waals surface area contributed by atoms with Crippen molar-refractivity contribution in [2.45, 2.75) is 20.8 Å². The van der Waals surface area contributed by atoms with Crippen LogP contribution in [0.15, 0.2) is 65.1 Å². The fourth-order valence-electron chi connectivity index (χ4n) is 3.63. The van der Waals surface area contributed by atoms with Crippen LogP contribution >= 0.6 is 0 Å². The van der Waals surface area contributed by atoms with Crippen molar-refractivity contribution >= 4 is 11.1 Å². The van der Waals surface area contributed by atoms with Crippen molar-refractivity contribution in [3.8, 4) is 22.6 Å². The van der Waals surface area contributed by atoms with E-state index in [0.717, 1.165) is 16.9 Å². The minimum absolute atomic E-state index is 0.914. The van der Waals surface area contributed by atoms with Gasteiger partial charge in [-0.05, 0) is 49.6 Å². The summed E-state index contributed by atoms with van der Waals surface area (Å²) >= 11 is 0. The lowest BCUT2D eigenvalue weighted by molar-refractivity contribution is -0.633. The highest BCUT2D eigenvalue weighted by molar-refractivity contribution is 5.80. The Morgan fingerprint density at radius 2 is 1.44 bits per heavy atom. The lowest BCUT2D eigenvalue weighted by Crippen LogP contribution is -2.31. The smallest absolute Gasteiger partial charge is 0.252 e. The molecule has 4 rings (SSSR count). The number of aryl methyl sites for hydroxylation is 4. The van der Waals surface area contributed by atoms with Gasteiger partial charge in [-0.25, -0.2) is 0 Å². The molecule has 0 atom stereocenters. The number of nitrogens with zero attached hydrogens (tertiary/aromatic N) is 1. The number of pyridine rings is 1. The number of aromatic nitrogens is 1. The molecular weight excluding hydrogens is 306 g/mol. The average molecular weight is 328 g/mol. The highest BCUT2D eigenvalue weighted by Crippen LogP contribution is 2.32. The van der Waals surface area contributed by atoms with E-state index in [1.54, 1.807) is 0 Å². The quantitative estimate of drug-likeness (QED) is 0.443. The zero-order valence-electron chi connectivity index (χ0n) is 15.1. The van der Waals surface area contributed by atoms with Gasteiger partial charge in [0.15, 0.2) is 5.58 Å². The molecule has 0 fully saturated rings. The number of rotatable bonds is 2. The molecule has 0 unspecified atom stereocenters. The molecule has 2 aromatic heterocycles. The van der Waals surface area contributed by atoms with E-state index >= 15 is 0 Å². The first kappa shape index (κ1) is 15.6. The predicted molar refractivity (Wildman–Crippen MR) is 102 cm³/mol. The molecule has 0 amide bonds.